The minimum atomic E-state index is -3.11. The summed E-state index contributed by atoms with van der Waals surface area (Å²) in [4.78, 5) is 18.4. The molecule has 0 unspecified atom stereocenters. The number of nitrogens with zero attached hydrogens (tertiary/aromatic N) is 2. The first-order chi connectivity index (χ1) is 13.4. The van der Waals surface area contributed by atoms with Gasteiger partial charge in [-0.3, -0.25) is 4.79 Å². The molecule has 28 heavy (non-hydrogen) atoms. The van der Waals surface area contributed by atoms with E-state index in [9.17, 15) is 13.2 Å². The first kappa shape index (κ1) is 19.3. The lowest BCUT2D eigenvalue weighted by atomic mass is 10.2. The Bertz CT molecular complexity index is 1010. The van der Waals surface area contributed by atoms with Crippen molar-refractivity contribution in [2.45, 2.75) is 11.3 Å². The maximum atomic E-state index is 12.4. The van der Waals surface area contributed by atoms with E-state index < -0.39 is 15.7 Å². The van der Waals surface area contributed by atoms with Crippen molar-refractivity contribution in [1.82, 2.24) is 0 Å². The third-order valence-electron chi connectivity index (χ3n) is 4.50. The summed E-state index contributed by atoms with van der Waals surface area (Å²) in [6.07, 6.45) is 0. The van der Waals surface area contributed by atoms with Gasteiger partial charge in [-0.2, -0.15) is 4.99 Å². The van der Waals surface area contributed by atoms with Gasteiger partial charge in [-0.05, 0) is 36.4 Å². The number of amidine groups is 1. The first-order valence-corrected chi connectivity index (χ1v) is 11.7. The van der Waals surface area contributed by atoms with Gasteiger partial charge in [0, 0.05) is 16.0 Å². The third-order valence-corrected chi connectivity index (χ3v) is 7.96. The second-order valence-corrected chi connectivity index (χ2v) is 10.3. The van der Waals surface area contributed by atoms with Gasteiger partial charge in [0.1, 0.15) is 5.75 Å². The molecule has 2 aliphatic rings. The smallest absolute Gasteiger partial charge is 0.285 e. The van der Waals surface area contributed by atoms with Gasteiger partial charge in [0.05, 0.1) is 17.5 Å². The normalized spacial score (nSPS) is 24.3. The Labute approximate surface area is 172 Å². The number of anilines is 1. The molecule has 0 N–H and O–H groups in total. The molecule has 2 saturated heterocycles. The van der Waals surface area contributed by atoms with Crippen molar-refractivity contribution in [2.75, 3.05) is 23.0 Å². The molecule has 146 valence electrons. The number of carbonyl (C=O) groups is 1. The molecule has 9 heteroatoms. The van der Waals surface area contributed by atoms with Crippen LogP contribution in [0.15, 0.2) is 59.6 Å². The number of fused-ring (bicyclic) bond motifs is 1. The Balaban J connectivity index is 1.56. The van der Waals surface area contributed by atoms with E-state index >= 15 is 0 Å². The molecule has 0 radical (unpaired) electrons. The van der Waals surface area contributed by atoms with Gasteiger partial charge < -0.3 is 9.64 Å². The van der Waals surface area contributed by atoms with Crippen LogP contribution in [0.5, 0.6) is 5.75 Å². The van der Waals surface area contributed by atoms with Crippen molar-refractivity contribution < 1.29 is 17.9 Å². The van der Waals surface area contributed by atoms with E-state index in [1.807, 2.05) is 23.1 Å². The van der Waals surface area contributed by atoms with Crippen LogP contribution in [0, 0.1) is 0 Å². The van der Waals surface area contributed by atoms with Crippen LogP contribution in [0.25, 0.3) is 0 Å². The Morgan fingerprint density at radius 1 is 1.14 bits per heavy atom. The second-order valence-electron chi connectivity index (χ2n) is 6.54. The summed E-state index contributed by atoms with van der Waals surface area (Å²) in [7, 11) is -3.11. The Kier molecular flexibility index (Phi) is 5.35. The van der Waals surface area contributed by atoms with Crippen LogP contribution >= 0.6 is 23.4 Å². The summed E-state index contributed by atoms with van der Waals surface area (Å²) in [5.74, 6) is 0.294. The van der Waals surface area contributed by atoms with E-state index in [0.29, 0.717) is 15.9 Å². The number of halogens is 1. The standard InChI is InChI=1S/C19H17ClN2O4S2/c20-13-6-8-14(9-7-13)22-16-11-28(24,25)12-17(16)27-19(22)21-18(23)10-26-15-4-2-1-3-5-15/h1-9,16-17H,10-12H2/t16-,17-/m1/s1. The van der Waals surface area contributed by atoms with E-state index in [1.54, 1.807) is 36.4 Å². The number of aliphatic imine (C=N–C) groups is 1. The molecule has 0 aliphatic carbocycles. The molecule has 2 atom stereocenters. The summed E-state index contributed by atoms with van der Waals surface area (Å²) in [6.45, 7) is -0.184. The molecular formula is C19H17ClN2O4S2. The van der Waals surface area contributed by atoms with E-state index in [0.717, 1.165) is 5.69 Å². The highest BCUT2D eigenvalue weighted by Crippen LogP contribution is 2.41. The van der Waals surface area contributed by atoms with Crippen LogP contribution in [0.1, 0.15) is 0 Å². The molecule has 2 fully saturated rings. The van der Waals surface area contributed by atoms with Gasteiger partial charge in [-0.1, -0.05) is 41.6 Å². The van der Waals surface area contributed by atoms with Crippen molar-refractivity contribution in [2.24, 2.45) is 4.99 Å². The zero-order valence-corrected chi connectivity index (χ0v) is 17.1. The number of rotatable bonds is 4. The van der Waals surface area contributed by atoms with Gasteiger partial charge in [0.15, 0.2) is 21.6 Å². The van der Waals surface area contributed by atoms with E-state index in [1.165, 1.54) is 11.8 Å². The molecule has 2 heterocycles. The number of hydrogen-bond acceptors (Lipinski definition) is 5. The van der Waals surface area contributed by atoms with Gasteiger partial charge in [-0.15, -0.1) is 0 Å². The number of para-hydroxylation sites is 1. The molecule has 2 aromatic rings. The zero-order valence-electron chi connectivity index (χ0n) is 14.7. The van der Waals surface area contributed by atoms with E-state index in [4.69, 9.17) is 16.3 Å². The summed E-state index contributed by atoms with van der Waals surface area (Å²) in [5.41, 5.74) is 0.761. The van der Waals surface area contributed by atoms with Crippen molar-refractivity contribution in [3.05, 3.63) is 59.6 Å². The molecule has 0 spiro atoms. The Morgan fingerprint density at radius 3 is 2.57 bits per heavy atom. The lowest BCUT2D eigenvalue weighted by Crippen LogP contribution is -2.37. The molecular weight excluding hydrogens is 420 g/mol. The fraction of sp³-hybridized carbons (Fsp3) is 0.263. The number of benzene rings is 2. The van der Waals surface area contributed by atoms with Gasteiger partial charge in [0.25, 0.3) is 5.91 Å². The van der Waals surface area contributed by atoms with Crippen LogP contribution < -0.4 is 9.64 Å². The van der Waals surface area contributed by atoms with E-state index in [2.05, 4.69) is 4.99 Å². The third kappa shape index (κ3) is 4.19. The average molecular weight is 437 g/mol. The summed E-state index contributed by atoms with van der Waals surface area (Å²) in [6, 6.07) is 15.9. The predicted octanol–water partition coefficient (Wildman–Crippen LogP) is 3.02. The summed E-state index contributed by atoms with van der Waals surface area (Å²) >= 11 is 7.30. The fourth-order valence-electron chi connectivity index (χ4n) is 3.27. The van der Waals surface area contributed by atoms with E-state index in [-0.39, 0.29) is 29.4 Å². The lowest BCUT2D eigenvalue weighted by molar-refractivity contribution is -0.119. The van der Waals surface area contributed by atoms with Gasteiger partial charge >= 0.3 is 0 Å². The number of ether oxygens (including phenoxy) is 1. The minimum Gasteiger partial charge on any atom is -0.484 e. The quantitative estimate of drug-likeness (QED) is 0.733. The van der Waals surface area contributed by atoms with Crippen molar-refractivity contribution in [3.8, 4) is 5.75 Å². The largest absolute Gasteiger partial charge is 0.484 e. The predicted molar refractivity (Wildman–Crippen MR) is 112 cm³/mol. The summed E-state index contributed by atoms with van der Waals surface area (Å²) in [5, 5.41) is 0.924. The topological polar surface area (TPSA) is 76.0 Å². The minimum absolute atomic E-state index is 0.0427. The summed E-state index contributed by atoms with van der Waals surface area (Å²) < 4.78 is 29.6. The molecule has 6 nitrogen and oxygen atoms in total. The highest BCUT2D eigenvalue weighted by atomic mass is 35.5. The van der Waals surface area contributed by atoms with Crippen molar-refractivity contribution in [3.63, 3.8) is 0 Å². The lowest BCUT2D eigenvalue weighted by Gasteiger charge is -2.24. The number of carbonyl (C=O) groups excluding carboxylic acids is 1. The average Bonchev–Trinajstić information content (AvgIpc) is 3.12. The van der Waals surface area contributed by atoms with Crippen LogP contribution in [0.3, 0.4) is 0 Å². The van der Waals surface area contributed by atoms with Crippen LogP contribution in [-0.2, 0) is 14.6 Å². The van der Waals surface area contributed by atoms with Crippen molar-refractivity contribution in [1.29, 1.82) is 0 Å². The van der Waals surface area contributed by atoms with Crippen LogP contribution in [0.4, 0.5) is 5.69 Å². The first-order valence-electron chi connectivity index (χ1n) is 8.62. The van der Waals surface area contributed by atoms with Gasteiger partial charge in [-0.25, -0.2) is 8.42 Å². The molecule has 0 bridgehead atoms. The highest BCUT2D eigenvalue weighted by Gasteiger charge is 2.49. The maximum Gasteiger partial charge on any atom is 0.285 e. The second kappa shape index (κ2) is 7.77. The Morgan fingerprint density at radius 2 is 1.86 bits per heavy atom. The molecule has 2 aliphatic heterocycles. The number of amides is 1. The number of sulfone groups is 1. The molecule has 0 saturated carbocycles. The molecule has 4 rings (SSSR count). The van der Waals surface area contributed by atoms with Crippen molar-refractivity contribution >= 4 is 50.0 Å². The SMILES string of the molecule is O=C(COc1ccccc1)N=C1S[C@@H]2CS(=O)(=O)C[C@H]2N1c1ccc(Cl)cc1. The molecule has 2 aromatic carbocycles. The Hall–Kier alpha value is -2.03. The molecule has 1 amide bonds. The van der Waals surface area contributed by atoms with Crippen LogP contribution in [-0.4, -0.2) is 48.9 Å². The maximum absolute atomic E-state index is 12.4. The molecule has 0 aromatic heterocycles. The van der Waals surface area contributed by atoms with Gasteiger partial charge in [0.2, 0.25) is 0 Å². The zero-order chi connectivity index (χ0) is 19.7. The highest BCUT2D eigenvalue weighted by molar-refractivity contribution is 8.16. The fourth-order valence-corrected chi connectivity index (χ4v) is 7.33. The monoisotopic (exact) mass is 436 g/mol. The number of thioether (sulfide) groups is 1. The number of hydrogen-bond donors (Lipinski definition) is 0. The van der Waals surface area contributed by atoms with Crippen LogP contribution in [0.2, 0.25) is 5.02 Å².